The lowest BCUT2D eigenvalue weighted by atomic mass is 10.2. The Kier molecular flexibility index (Phi) is 3.89. The maximum atomic E-state index is 13.3. The number of hydrogen-bond acceptors (Lipinski definition) is 4. The van der Waals surface area contributed by atoms with Crippen molar-refractivity contribution in [2.75, 3.05) is 0 Å². The second kappa shape index (κ2) is 5.86. The SMILES string of the molecule is CC(C)c1nccn1Cc1nc(-c2cc(F)c(F)c(F)c2)no1. The zero-order valence-corrected chi connectivity index (χ0v) is 12.4. The second-order valence-electron chi connectivity index (χ2n) is 5.33. The number of nitrogens with zero attached hydrogens (tertiary/aromatic N) is 4. The minimum atomic E-state index is -1.53. The molecule has 5 nitrogen and oxygen atoms in total. The lowest BCUT2D eigenvalue weighted by Gasteiger charge is -2.07. The highest BCUT2D eigenvalue weighted by molar-refractivity contribution is 5.54. The highest BCUT2D eigenvalue weighted by Crippen LogP contribution is 2.22. The zero-order valence-electron chi connectivity index (χ0n) is 12.4. The molecule has 0 spiro atoms. The fourth-order valence-electron chi connectivity index (χ4n) is 2.22. The summed E-state index contributed by atoms with van der Waals surface area (Å²) in [4.78, 5) is 8.33. The third kappa shape index (κ3) is 2.96. The van der Waals surface area contributed by atoms with Gasteiger partial charge in [0.1, 0.15) is 12.4 Å². The Labute approximate surface area is 129 Å². The number of benzene rings is 1. The minimum absolute atomic E-state index is 0.00566. The van der Waals surface area contributed by atoms with Crippen molar-refractivity contribution in [1.29, 1.82) is 0 Å². The Morgan fingerprint density at radius 1 is 1.17 bits per heavy atom. The molecule has 0 aliphatic heterocycles. The monoisotopic (exact) mass is 322 g/mol. The molecule has 2 aromatic heterocycles. The summed E-state index contributed by atoms with van der Waals surface area (Å²) < 4.78 is 46.4. The molecule has 0 aliphatic rings. The van der Waals surface area contributed by atoms with Gasteiger partial charge < -0.3 is 9.09 Å². The Morgan fingerprint density at radius 2 is 1.87 bits per heavy atom. The standard InChI is InChI=1S/C15H13F3N4O/c1-8(2)15-19-3-4-22(15)7-12-20-14(21-23-12)9-5-10(16)13(18)11(17)6-9/h3-6,8H,7H2,1-2H3. The Hall–Kier alpha value is -2.64. The summed E-state index contributed by atoms with van der Waals surface area (Å²) in [6, 6.07) is 1.65. The van der Waals surface area contributed by atoms with Crippen LogP contribution in [-0.4, -0.2) is 19.7 Å². The first-order valence-electron chi connectivity index (χ1n) is 6.94. The summed E-state index contributed by atoms with van der Waals surface area (Å²) in [6.07, 6.45) is 3.44. The van der Waals surface area contributed by atoms with Crippen LogP contribution in [0.1, 0.15) is 31.5 Å². The molecule has 2 heterocycles. The van der Waals surface area contributed by atoms with E-state index in [1.165, 1.54) is 0 Å². The van der Waals surface area contributed by atoms with Gasteiger partial charge in [0.2, 0.25) is 11.7 Å². The van der Waals surface area contributed by atoms with Gasteiger partial charge in [-0.2, -0.15) is 4.98 Å². The van der Waals surface area contributed by atoms with Crippen LogP contribution in [0.4, 0.5) is 13.2 Å². The van der Waals surface area contributed by atoms with E-state index in [4.69, 9.17) is 4.52 Å². The van der Waals surface area contributed by atoms with Gasteiger partial charge in [0, 0.05) is 23.9 Å². The summed E-state index contributed by atoms with van der Waals surface area (Å²) in [5.74, 6) is -2.83. The summed E-state index contributed by atoms with van der Waals surface area (Å²) in [5, 5.41) is 3.68. The smallest absolute Gasteiger partial charge is 0.246 e. The first-order chi connectivity index (χ1) is 11.0. The van der Waals surface area contributed by atoms with Crippen LogP contribution >= 0.6 is 0 Å². The molecular weight excluding hydrogens is 309 g/mol. The molecular formula is C15H13F3N4O. The second-order valence-corrected chi connectivity index (χ2v) is 5.33. The van der Waals surface area contributed by atoms with Crippen molar-refractivity contribution in [2.45, 2.75) is 26.3 Å². The molecule has 3 rings (SSSR count). The van der Waals surface area contributed by atoms with Crippen LogP contribution in [0.25, 0.3) is 11.4 Å². The van der Waals surface area contributed by atoms with Crippen LogP contribution in [-0.2, 0) is 6.54 Å². The molecule has 0 bridgehead atoms. The van der Waals surface area contributed by atoms with Gasteiger partial charge in [-0.1, -0.05) is 19.0 Å². The van der Waals surface area contributed by atoms with Crippen LogP contribution in [0.5, 0.6) is 0 Å². The molecule has 0 radical (unpaired) electrons. The summed E-state index contributed by atoms with van der Waals surface area (Å²) in [5.41, 5.74) is 0.00566. The fourth-order valence-corrected chi connectivity index (χ4v) is 2.22. The molecule has 0 N–H and O–H groups in total. The molecule has 23 heavy (non-hydrogen) atoms. The van der Waals surface area contributed by atoms with Gasteiger partial charge in [-0.3, -0.25) is 0 Å². The van der Waals surface area contributed by atoms with E-state index < -0.39 is 17.5 Å². The van der Waals surface area contributed by atoms with E-state index in [1.807, 2.05) is 18.4 Å². The molecule has 8 heteroatoms. The largest absolute Gasteiger partial charge is 0.337 e. The van der Waals surface area contributed by atoms with Gasteiger partial charge in [0.05, 0.1) is 0 Å². The van der Waals surface area contributed by atoms with Crippen molar-refractivity contribution in [3.63, 3.8) is 0 Å². The van der Waals surface area contributed by atoms with E-state index in [-0.39, 0.29) is 29.7 Å². The minimum Gasteiger partial charge on any atom is -0.337 e. The molecule has 0 unspecified atom stereocenters. The van der Waals surface area contributed by atoms with Gasteiger partial charge in [0.15, 0.2) is 17.5 Å². The molecule has 1 aromatic carbocycles. The van der Waals surface area contributed by atoms with Crippen molar-refractivity contribution in [1.82, 2.24) is 19.7 Å². The van der Waals surface area contributed by atoms with E-state index in [9.17, 15) is 13.2 Å². The quantitative estimate of drug-likeness (QED) is 0.690. The lowest BCUT2D eigenvalue weighted by molar-refractivity contribution is 0.369. The molecule has 0 fully saturated rings. The van der Waals surface area contributed by atoms with Gasteiger partial charge in [-0.15, -0.1) is 0 Å². The van der Waals surface area contributed by atoms with Gasteiger partial charge >= 0.3 is 0 Å². The van der Waals surface area contributed by atoms with Crippen LogP contribution in [0.3, 0.4) is 0 Å². The van der Waals surface area contributed by atoms with Crippen molar-refractivity contribution in [3.8, 4) is 11.4 Å². The number of rotatable bonds is 4. The normalized spacial score (nSPS) is 11.4. The molecule has 3 aromatic rings. The Balaban J connectivity index is 1.88. The number of halogens is 3. The van der Waals surface area contributed by atoms with Crippen molar-refractivity contribution >= 4 is 0 Å². The van der Waals surface area contributed by atoms with Crippen molar-refractivity contribution < 1.29 is 17.7 Å². The molecule has 0 saturated heterocycles. The van der Waals surface area contributed by atoms with Crippen LogP contribution in [0.15, 0.2) is 29.0 Å². The zero-order chi connectivity index (χ0) is 16.6. The topological polar surface area (TPSA) is 56.7 Å². The predicted molar refractivity (Wildman–Crippen MR) is 75.0 cm³/mol. The third-order valence-corrected chi connectivity index (χ3v) is 3.28. The summed E-state index contributed by atoms with van der Waals surface area (Å²) >= 11 is 0. The average Bonchev–Trinajstić information content (AvgIpc) is 3.14. The number of hydrogen-bond donors (Lipinski definition) is 0. The van der Waals surface area contributed by atoms with Gasteiger partial charge in [-0.25, -0.2) is 18.2 Å². The van der Waals surface area contributed by atoms with Crippen molar-refractivity contribution in [2.24, 2.45) is 0 Å². The number of aromatic nitrogens is 4. The fraction of sp³-hybridized carbons (Fsp3) is 0.267. The van der Waals surface area contributed by atoms with Crippen molar-refractivity contribution in [3.05, 3.63) is 53.7 Å². The van der Waals surface area contributed by atoms with E-state index in [1.54, 1.807) is 12.4 Å². The summed E-state index contributed by atoms with van der Waals surface area (Å²) in [7, 11) is 0. The first-order valence-corrected chi connectivity index (χ1v) is 6.94. The highest BCUT2D eigenvalue weighted by Gasteiger charge is 2.16. The Morgan fingerprint density at radius 3 is 2.52 bits per heavy atom. The predicted octanol–water partition coefficient (Wildman–Crippen LogP) is 3.52. The van der Waals surface area contributed by atoms with E-state index in [0.717, 1.165) is 18.0 Å². The highest BCUT2D eigenvalue weighted by atomic mass is 19.2. The van der Waals surface area contributed by atoms with Crippen LogP contribution < -0.4 is 0 Å². The van der Waals surface area contributed by atoms with Crippen LogP contribution in [0, 0.1) is 17.5 Å². The molecule has 0 saturated carbocycles. The third-order valence-electron chi connectivity index (χ3n) is 3.28. The van der Waals surface area contributed by atoms with Gasteiger partial charge in [0.25, 0.3) is 0 Å². The molecule has 0 aliphatic carbocycles. The van der Waals surface area contributed by atoms with Gasteiger partial charge in [-0.05, 0) is 12.1 Å². The maximum absolute atomic E-state index is 13.3. The van der Waals surface area contributed by atoms with E-state index in [0.29, 0.717) is 0 Å². The number of imidazole rings is 1. The maximum Gasteiger partial charge on any atom is 0.246 e. The van der Waals surface area contributed by atoms with Crippen LogP contribution in [0.2, 0.25) is 0 Å². The first kappa shape index (κ1) is 15.3. The summed E-state index contributed by atoms with van der Waals surface area (Å²) in [6.45, 7) is 4.29. The Bertz CT molecular complexity index is 818. The molecule has 0 atom stereocenters. The molecule has 0 amide bonds. The lowest BCUT2D eigenvalue weighted by Crippen LogP contribution is -2.06. The molecule has 120 valence electrons. The van der Waals surface area contributed by atoms with E-state index in [2.05, 4.69) is 15.1 Å². The van der Waals surface area contributed by atoms with E-state index >= 15 is 0 Å². The average molecular weight is 322 g/mol.